The molecule has 1 aliphatic heterocycles. The van der Waals surface area contributed by atoms with Gasteiger partial charge in [-0.3, -0.25) is 4.79 Å². The fourth-order valence-electron chi connectivity index (χ4n) is 2.31. The lowest BCUT2D eigenvalue weighted by molar-refractivity contribution is 0.103. The van der Waals surface area contributed by atoms with Crippen molar-refractivity contribution in [1.29, 1.82) is 0 Å². The molecule has 1 aliphatic rings. The number of thiazole rings is 1. The lowest BCUT2D eigenvalue weighted by atomic mass is 10.1. The van der Waals surface area contributed by atoms with Gasteiger partial charge in [0.1, 0.15) is 4.88 Å². The van der Waals surface area contributed by atoms with Gasteiger partial charge in [-0.1, -0.05) is 0 Å². The quantitative estimate of drug-likeness (QED) is 0.884. The number of rotatable bonds is 2. The van der Waals surface area contributed by atoms with E-state index in [9.17, 15) is 4.79 Å². The summed E-state index contributed by atoms with van der Waals surface area (Å²) in [5.41, 5.74) is 4.07. The van der Waals surface area contributed by atoms with Gasteiger partial charge < -0.3 is 10.6 Å². The van der Waals surface area contributed by atoms with Gasteiger partial charge in [-0.15, -0.1) is 11.3 Å². The molecule has 19 heavy (non-hydrogen) atoms. The van der Waals surface area contributed by atoms with Gasteiger partial charge in [0.25, 0.3) is 5.91 Å². The van der Waals surface area contributed by atoms with Crippen LogP contribution < -0.4 is 10.6 Å². The number of aryl methyl sites for hydroxylation is 2. The molecular weight excluding hydrogens is 258 g/mol. The molecule has 1 aromatic heterocycles. The number of carbonyl (C=O) groups is 1. The summed E-state index contributed by atoms with van der Waals surface area (Å²) < 4.78 is 0. The van der Waals surface area contributed by atoms with Crippen LogP contribution in [0.1, 0.15) is 25.9 Å². The summed E-state index contributed by atoms with van der Waals surface area (Å²) in [4.78, 5) is 17.2. The molecule has 0 bridgehead atoms. The summed E-state index contributed by atoms with van der Waals surface area (Å²) in [6.07, 6.45) is 1.01. The number of nitrogens with one attached hydrogen (secondary N) is 2. The van der Waals surface area contributed by atoms with E-state index in [1.165, 1.54) is 22.6 Å². The van der Waals surface area contributed by atoms with Crippen LogP contribution in [0.25, 0.3) is 0 Å². The van der Waals surface area contributed by atoms with Gasteiger partial charge in [-0.2, -0.15) is 0 Å². The fraction of sp³-hybridized carbons (Fsp3) is 0.286. The van der Waals surface area contributed by atoms with Crippen molar-refractivity contribution in [3.8, 4) is 0 Å². The molecule has 1 amide bonds. The van der Waals surface area contributed by atoms with Crippen molar-refractivity contribution >= 4 is 28.6 Å². The third-order valence-electron chi connectivity index (χ3n) is 3.18. The topological polar surface area (TPSA) is 54.0 Å². The van der Waals surface area contributed by atoms with Gasteiger partial charge in [0.05, 0.1) is 10.7 Å². The Morgan fingerprint density at radius 2 is 2.26 bits per heavy atom. The van der Waals surface area contributed by atoms with Crippen LogP contribution in [-0.2, 0) is 6.42 Å². The van der Waals surface area contributed by atoms with Crippen molar-refractivity contribution in [1.82, 2.24) is 4.98 Å². The zero-order valence-electron chi connectivity index (χ0n) is 10.9. The summed E-state index contributed by atoms with van der Waals surface area (Å²) >= 11 is 1.43. The van der Waals surface area contributed by atoms with Crippen LogP contribution in [0.4, 0.5) is 11.4 Å². The Bertz CT molecular complexity index is 648. The maximum absolute atomic E-state index is 12.2. The molecule has 0 aliphatic carbocycles. The van der Waals surface area contributed by atoms with Gasteiger partial charge in [0, 0.05) is 17.9 Å². The first-order chi connectivity index (χ1) is 9.13. The van der Waals surface area contributed by atoms with Crippen LogP contribution in [-0.4, -0.2) is 17.4 Å². The SMILES string of the molecule is Cc1nc(C)c(C(=O)Nc2ccc3c(c2)CCN3)s1. The molecule has 5 heteroatoms. The Kier molecular flexibility index (Phi) is 2.98. The van der Waals surface area contributed by atoms with E-state index in [0.29, 0.717) is 4.88 Å². The van der Waals surface area contributed by atoms with E-state index in [1.54, 1.807) is 0 Å². The van der Waals surface area contributed by atoms with Crippen molar-refractivity contribution in [3.63, 3.8) is 0 Å². The van der Waals surface area contributed by atoms with E-state index >= 15 is 0 Å². The van der Waals surface area contributed by atoms with E-state index in [0.717, 1.165) is 29.4 Å². The average Bonchev–Trinajstić information content (AvgIpc) is 2.94. The van der Waals surface area contributed by atoms with Crippen LogP contribution in [0.3, 0.4) is 0 Å². The number of benzene rings is 1. The second-order valence-electron chi connectivity index (χ2n) is 4.65. The van der Waals surface area contributed by atoms with Crippen LogP contribution in [0, 0.1) is 13.8 Å². The van der Waals surface area contributed by atoms with Gasteiger partial charge in [-0.05, 0) is 44.0 Å². The Hall–Kier alpha value is -1.88. The number of nitrogens with zero attached hydrogens (tertiary/aromatic N) is 1. The molecule has 0 saturated carbocycles. The van der Waals surface area contributed by atoms with E-state index < -0.39 is 0 Å². The number of hydrogen-bond donors (Lipinski definition) is 2. The second kappa shape index (κ2) is 4.66. The Balaban J connectivity index is 1.81. The van der Waals surface area contributed by atoms with E-state index in [1.807, 2.05) is 32.0 Å². The van der Waals surface area contributed by atoms with Gasteiger partial charge in [0.15, 0.2) is 0 Å². The summed E-state index contributed by atoms with van der Waals surface area (Å²) in [7, 11) is 0. The van der Waals surface area contributed by atoms with Crippen molar-refractivity contribution in [3.05, 3.63) is 39.3 Å². The molecule has 0 radical (unpaired) electrons. The normalized spacial score (nSPS) is 12.9. The van der Waals surface area contributed by atoms with Crippen molar-refractivity contribution in [2.45, 2.75) is 20.3 Å². The van der Waals surface area contributed by atoms with E-state index in [2.05, 4.69) is 15.6 Å². The van der Waals surface area contributed by atoms with Crippen LogP contribution in [0.2, 0.25) is 0 Å². The third kappa shape index (κ3) is 2.33. The van der Waals surface area contributed by atoms with E-state index in [-0.39, 0.29) is 5.91 Å². The van der Waals surface area contributed by atoms with Crippen LogP contribution in [0.15, 0.2) is 18.2 Å². The molecule has 0 unspecified atom stereocenters. The highest BCUT2D eigenvalue weighted by molar-refractivity contribution is 7.13. The zero-order valence-corrected chi connectivity index (χ0v) is 11.7. The smallest absolute Gasteiger partial charge is 0.267 e. The molecule has 1 aromatic carbocycles. The van der Waals surface area contributed by atoms with Crippen molar-refractivity contribution in [2.75, 3.05) is 17.2 Å². The van der Waals surface area contributed by atoms with Crippen molar-refractivity contribution < 1.29 is 4.79 Å². The maximum atomic E-state index is 12.2. The minimum Gasteiger partial charge on any atom is -0.384 e. The van der Waals surface area contributed by atoms with Gasteiger partial charge in [0.2, 0.25) is 0 Å². The minimum atomic E-state index is -0.0750. The number of fused-ring (bicyclic) bond motifs is 1. The van der Waals surface area contributed by atoms with Crippen LogP contribution in [0.5, 0.6) is 0 Å². The molecule has 2 heterocycles. The Morgan fingerprint density at radius 3 is 3.00 bits per heavy atom. The molecule has 98 valence electrons. The van der Waals surface area contributed by atoms with Crippen molar-refractivity contribution in [2.24, 2.45) is 0 Å². The number of carbonyl (C=O) groups excluding carboxylic acids is 1. The molecule has 2 N–H and O–H groups in total. The highest BCUT2D eigenvalue weighted by Gasteiger charge is 2.15. The lowest BCUT2D eigenvalue weighted by Gasteiger charge is -2.06. The number of hydrogen-bond acceptors (Lipinski definition) is 4. The monoisotopic (exact) mass is 273 g/mol. The predicted octanol–water partition coefficient (Wildman–Crippen LogP) is 2.98. The summed E-state index contributed by atoms with van der Waals surface area (Å²) in [6, 6.07) is 5.98. The number of aromatic nitrogens is 1. The minimum absolute atomic E-state index is 0.0750. The first-order valence-electron chi connectivity index (χ1n) is 6.25. The summed E-state index contributed by atoms with van der Waals surface area (Å²) in [5.74, 6) is -0.0750. The average molecular weight is 273 g/mol. The second-order valence-corrected chi connectivity index (χ2v) is 5.85. The number of amides is 1. The van der Waals surface area contributed by atoms with Gasteiger partial charge >= 0.3 is 0 Å². The largest absolute Gasteiger partial charge is 0.384 e. The lowest BCUT2D eigenvalue weighted by Crippen LogP contribution is -2.11. The van der Waals surface area contributed by atoms with E-state index in [4.69, 9.17) is 0 Å². The Labute approximate surface area is 115 Å². The first kappa shape index (κ1) is 12.2. The third-order valence-corrected chi connectivity index (χ3v) is 4.25. The Morgan fingerprint density at radius 1 is 1.42 bits per heavy atom. The molecular formula is C14H15N3OS. The first-order valence-corrected chi connectivity index (χ1v) is 7.07. The highest BCUT2D eigenvalue weighted by atomic mass is 32.1. The molecule has 4 nitrogen and oxygen atoms in total. The van der Waals surface area contributed by atoms with Crippen LogP contribution >= 0.6 is 11.3 Å². The summed E-state index contributed by atoms with van der Waals surface area (Å²) in [6.45, 7) is 4.75. The molecule has 3 rings (SSSR count). The number of anilines is 2. The molecule has 0 fully saturated rings. The maximum Gasteiger partial charge on any atom is 0.267 e. The molecule has 0 saturated heterocycles. The molecule has 2 aromatic rings. The zero-order chi connectivity index (χ0) is 13.4. The fourth-order valence-corrected chi connectivity index (χ4v) is 3.13. The summed E-state index contributed by atoms with van der Waals surface area (Å²) in [5, 5.41) is 7.17. The molecule has 0 atom stereocenters. The van der Waals surface area contributed by atoms with Gasteiger partial charge in [-0.25, -0.2) is 4.98 Å². The predicted molar refractivity (Wildman–Crippen MR) is 78.2 cm³/mol. The highest BCUT2D eigenvalue weighted by Crippen LogP contribution is 2.26. The molecule has 0 spiro atoms. The standard InChI is InChI=1S/C14H15N3OS/c1-8-13(19-9(2)16-8)14(18)17-11-3-4-12-10(7-11)5-6-15-12/h3-4,7,15H,5-6H2,1-2H3,(H,17,18).